The Bertz CT molecular complexity index is 284. The normalized spacial score (nSPS) is 20.8. The van der Waals surface area contributed by atoms with Crippen molar-refractivity contribution in [2.45, 2.75) is 38.0 Å². The van der Waals surface area contributed by atoms with Crippen LogP contribution in [0.25, 0.3) is 0 Å². The number of hydrogen-bond acceptors (Lipinski definition) is 2. The quantitative estimate of drug-likeness (QED) is 0.757. The average Bonchev–Trinajstić information content (AvgIpc) is 2.73. The first-order chi connectivity index (χ1) is 6.28. The molecule has 1 aliphatic rings. The molecule has 0 unspecified atom stereocenters. The molecular formula is C11H17NO. The molecule has 2 nitrogen and oxygen atoms in total. The third-order valence-corrected chi connectivity index (χ3v) is 3.38. The predicted molar refractivity (Wildman–Crippen MR) is 52.6 cm³/mol. The molecule has 0 amide bonds. The van der Waals surface area contributed by atoms with E-state index in [4.69, 9.17) is 10.2 Å². The van der Waals surface area contributed by atoms with Crippen LogP contribution in [0.4, 0.5) is 0 Å². The summed E-state index contributed by atoms with van der Waals surface area (Å²) >= 11 is 0. The Morgan fingerprint density at radius 1 is 1.46 bits per heavy atom. The molecule has 2 rings (SSSR count). The van der Waals surface area contributed by atoms with Crippen molar-refractivity contribution in [3.8, 4) is 0 Å². The second kappa shape index (κ2) is 3.18. The van der Waals surface area contributed by atoms with Crippen molar-refractivity contribution in [1.82, 2.24) is 0 Å². The minimum Gasteiger partial charge on any atom is -0.469 e. The zero-order valence-corrected chi connectivity index (χ0v) is 8.18. The van der Waals surface area contributed by atoms with Gasteiger partial charge in [0.05, 0.1) is 6.26 Å². The lowest BCUT2D eigenvalue weighted by Crippen LogP contribution is -2.32. The molecule has 1 heterocycles. The molecule has 2 heteroatoms. The van der Waals surface area contributed by atoms with E-state index in [1.807, 2.05) is 6.92 Å². The van der Waals surface area contributed by atoms with Crippen LogP contribution in [-0.4, -0.2) is 6.54 Å². The summed E-state index contributed by atoms with van der Waals surface area (Å²) in [6.45, 7) is 2.79. The van der Waals surface area contributed by atoms with Gasteiger partial charge in [-0.2, -0.15) is 0 Å². The maximum atomic E-state index is 5.89. The van der Waals surface area contributed by atoms with Crippen LogP contribution in [0.15, 0.2) is 16.7 Å². The smallest absolute Gasteiger partial charge is 0.104 e. The Morgan fingerprint density at radius 2 is 2.15 bits per heavy atom. The van der Waals surface area contributed by atoms with Crippen LogP contribution < -0.4 is 5.73 Å². The molecule has 0 spiro atoms. The van der Waals surface area contributed by atoms with E-state index in [1.54, 1.807) is 6.26 Å². The van der Waals surface area contributed by atoms with Crippen LogP contribution in [-0.2, 0) is 5.41 Å². The second-order valence-corrected chi connectivity index (χ2v) is 4.08. The number of hydrogen-bond donors (Lipinski definition) is 1. The molecule has 1 fully saturated rings. The lowest BCUT2D eigenvalue weighted by Gasteiger charge is -2.26. The molecule has 1 aromatic heterocycles. The summed E-state index contributed by atoms with van der Waals surface area (Å²) in [5, 5.41) is 0. The van der Waals surface area contributed by atoms with Crippen molar-refractivity contribution < 1.29 is 4.42 Å². The summed E-state index contributed by atoms with van der Waals surface area (Å²) in [4.78, 5) is 0. The standard InChI is InChI=1S/C11H17NO/c1-9-10(4-7-13-9)11(8-12)5-2-3-6-11/h4,7H,2-3,5-6,8,12H2,1H3. The van der Waals surface area contributed by atoms with E-state index in [-0.39, 0.29) is 5.41 Å². The van der Waals surface area contributed by atoms with E-state index in [0.717, 1.165) is 12.3 Å². The van der Waals surface area contributed by atoms with Crippen LogP contribution >= 0.6 is 0 Å². The van der Waals surface area contributed by atoms with Gasteiger partial charge < -0.3 is 10.2 Å². The molecule has 0 saturated heterocycles. The average molecular weight is 179 g/mol. The highest BCUT2D eigenvalue weighted by Gasteiger charge is 2.36. The molecule has 0 radical (unpaired) electrons. The zero-order chi connectivity index (χ0) is 9.31. The first kappa shape index (κ1) is 8.82. The molecule has 13 heavy (non-hydrogen) atoms. The van der Waals surface area contributed by atoms with Gasteiger partial charge in [-0.05, 0) is 25.8 Å². The molecule has 0 atom stereocenters. The zero-order valence-electron chi connectivity index (χ0n) is 8.18. The van der Waals surface area contributed by atoms with Crippen LogP contribution in [0.1, 0.15) is 37.0 Å². The van der Waals surface area contributed by atoms with Gasteiger partial charge in [-0.3, -0.25) is 0 Å². The number of aryl methyl sites for hydroxylation is 1. The lowest BCUT2D eigenvalue weighted by molar-refractivity contribution is 0.435. The van der Waals surface area contributed by atoms with E-state index in [1.165, 1.54) is 31.2 Å². The Kier molecular flexibility index (Phi) is 2.16. The van der Waals surface area contributed by atoms with Gasteiger partial charge in [0.1, 0.15) is 5.76 Å². The summed E-state index contributed by atoms with van der Waals surface area (Å²) in [5.74, 6) is 1.05. The minimum absolute atomic E-state index is 0.233. The highest BCUT2D eigenvalue weighted by Crippen LogP contribution is 2.41. The number of nitrogens with two attached hydrogens (primary N) is 1. The number of furan rings is 1. The highest BCUT2D eigenvalue weighted by molar-refractivity contribution is 5.28. The first-order valence-corrected chi connectivity index (χ1v) is 5.03. The molecule has 1 aliphatic carbocycles. The largest absolute Gasteiger partial charge is 0.469 e. The van der Waals surface area contributed by atoms with Crippen LogP contribution in [0.2, 0.25) is 0 Å². The molecule has 72 valence electrons. The SMILES string of the molecule is Cc1occc1C1(CN)CCCC1. The maximum Gasteiger partial charge on any atom is 0.104 e. The van der Waals surface area contributed by atoms with Crippen molar-refractivity contribution in [2.75, 3.05) is 6.54 Å². The summed E-state index contributed by atoms with van der Waals surface area (Å²) in [5.41, 5.74) is 7.46. The maximum absolute atomic E-state index is 5.89. The van der Waals surface area contributed by atoms with E-state index >= 15 is 0 Å². The third-order valence-electron chi connectivity index (χ3n) is 3.38. The fraction of sp³-hybridized carbons (Fsp3) is 0.636. The fourth-order valence-electron chi connectivity index (χ4n) is 2.57. The molecule has 0 bridgehead atoms. The van der Waals surface area contributed by atoms with Gasteiger partial charge >= 0.3 is 0 Å². The van der Waals surface area contributed by atoms with Crippen LogP contribution in [0.3, 0.4) is 0 Å². The van der Waals surface area contributed by atoms with Crippen LogP contribution in [0.5, 0.6) is 0 Å². The van der Waals surface area contributed by atoms with Gasteiger partial charge in [-0.15, -0.1) is 0 Å². The Hall–Kier alpha value is -0.760. The molecule has 0 aliphatic heterocycles. The summed E-state index contributed by atoms with van der Waals surface area (Å²) in [7, 11) is 0. The van der Waals surface area contributed by atoms with Gasteiger partial charge in [0, 0.05) is 17.5 Å². The first-order valence-electron chi connectivity index (χ1n) is 5.03. The van der Waals surface area contributed by atoms with Crippen LogP contribution in [0, 0.1) is 6.92 Å². The predicted octanol–water partition coefficient (Wildman–Crippen LogP) is 2.36. The highest BCUT2D eigenvalue weighted by atomic mass is 16.3. The van der Waals surface area contributed by atoms with Gasteiger partial charge in [-0.1, -0.05) is 12.8 Å². The van der Waals surface area contributed by atoms with Gasteiger partial charge in [0.25, 0.3) is 0 Å². The Morgan fingerprint density at radius 3 is 2.62 bits per heavy atom. The third kappa shape index (κ3) is 1.29. The van der Waals surface area contributed by atoms with Gasteiger partial charge in [-0.25, -0.2) is 0 Å². The molecular weight excluding hydrogens is 162 g/mol. The topological polar surface area (TPSA) is 39.2 Å². The van der Waals surface area contributed by atoms with Crippen molar-refractivity contribution in [2.24, 2.45) is 5.73 Å². The monoisotopic (exact) mass is 179 g/mol. The fourth-order valence-corrected chi connectivity index (χ4v) is 2.57. The Balaban J connectivity index is 2.36. The van der Waals surface area contributed by atoms with E-state index < -0.39 is 0 Å². The summed E-state index contributed by atoms with van der Waals surface area (Å²) < 4.78 is 5.35. The molecule has 2 N–H and O–H groups in total. The molecule has 1 saturated carbocycles. The van der Waals surface area contributed by atoms with E-state index in [2.05, 4.69) is 6.07 Å². The molecule has 1 aromatic rings. The summed E-state index contributed by atoms with van der Waals surface area (Å²) in [6.07, 6.45) is 6.85. The molecule has 0 aromatic carbocycles. The summed E-state index contributed by atoms with van der Waals surface area (Å²) in [6, 6.07) is 2.09. The Labute approximate surface area is 79.1 Å². The van der Waals surface area contributed by atoms with Crippen molar-refractivity contribution in [1.29, 1.82) is 0 Å². The van der Waals surface area contributed by atoms with Crippen molar-refractivity contribution >= 4 is 0 Å². The van der Waals surface area contributed by atoms with Gasteiger partial charge in [0.2, 0.25) is 0 Å². The van der Waals surface area contributed by atoms with E-state index in [0.29, 0.717) is 0 Å². The second-order valence-electron chi connectivity index (χ2n) is 4.08. The van der Waals surface area contributed by atoms with Crippen molar-refractivity contribution in [3.63, 3.8) is 0 Å². The van der Waals surface area contributed by atoms with Gasteiger partial charge in [0.15, 0.2) is 0 Å². The van der Waals surface area contributed by atoms with Crippen molar-refractivity contribution in [3.05, 3.63) is 23.7 Å². The van der Waals surface area contributed by atoms with E-state index in [9.17, 15) is 0 Å². The minimum atomic E-state index is 0.233. The number of rotatable bonds is 2. The lowest BCUT2D eigenvalue weighted by atomic mass is 9.79.